The summed E-state index contributed by atoms with van der Waals surface area (Å²) in [6, 6.07) is 6.77. The molecular formula is C21H25ClFN5O. The van der Waals surface area contributed by atoms with E-state index in [2.05, 4.69) is 46.2 Å². The highest BCUT2D eigenvalue weighted by Gasteiger charge is 2.23. The van der Waals surface area contributed by atoms with Crippen LogP contribution in [0.1, 0.15) is 30.5 Å². The lowest BCUT2D eigenvalue weighted by Gasteiger charge is -2.19. The number of pyridine rings is 1. The summed E-state index contributed by atoms with van der Waals surface area (Å²) in [4.78, 5) is 11.3. The van der Waals surface area contributed by atoms with Crippen molar-refractivity contribution in [3.8, 4) is 0 Å². The molecule has 0 aliphatic carbocycles. The van der Waals surface area contributed by atoms with E-state index in [1.807, 2.05) is 6.07 Å². The summed E-state index contributed by atoms with van der Waals surface area (Å²) in [6.07, 6.45) is 2.57. The van der Waals surface area contributed by atoms with Gasteiger partial charge in [0.2, 0.25) is 0 Å². The first-order chi connectivity index (χ1) is 13.9. The van der Waals surface area contributed by atoms with Gasteiger partial charge in [0.05, 0.1) is 17.3 Å². The van der Waals surface area contributed by atoms with Gasteiger partial charge in [0.25, 0.3) is 0 Å². The molecule has 1 aliphatic rings. The van der Waals surface area contributed by atoms with Gasteiger partial charge in [-0.3, -0.25) is 4.99 Å². The second-order valence-electron chi connectivity index (χ2n) is 7.36. The molecule has 29 heavy (non-hydrogen) atoms. The summed E-state index contributed by atoms with van der Waals surface area (Å²) in [6.45, 7) is 5.86. The van der Waals surface area contributed by atoms with Gasteiger partial charge < -0.3 is 15.4 Å². The van der Waals surface area contributed by atoms with E-state index in [4.69, 9.17) is 11.6 Å². The van der Waals surface area contributed by atoms with Crippen molar-refractivity contribution in [3.63, 3.8) is 0 Å². The number of benzene rings is 1. The third-order valence-corrected chi connectivity index (χ3v) is 5.38. The summed E-state index contributed by atoms with van der Waals surface area (Å²) in [5, 5.41) is 16.4. The van der Waals surface area contributed by atoms with Crippen molar-refractivity contribution in [2.45, 2.75) is 32.7 Å². The number of aliphatic imine (C=N–C) groups is 1. The van der Waals surface area contributed by atoms with Gasteiger partial charge in [0, 0.05) is 42.8 Å². The average molecular weight is 418 g/mol. The quantitative estimate of drug-likeness (QED) is 0.405. The molecule has 2 heterocycles. The van der Waals surface area contributed by atoms with Crippen LogP contribution in [-0.2, 0) is 12.8 Å². The summed E-state index contributed by atoms with van der Waals surface area (Å²) in [7, 11) is 2.08. The predicted molar refractivity (Wildman–Crippen MR) is 115 cm³/mol. The van der Waals surface area contributed by atoms with Gasteiger partial charge in [-0.1, -0.05) is 22.8 Å². The maximum absolute atomic E-state index is 13.4. The third kappa shape index (κ3) is 5.10. The Hall–Kier alpha value is -2.51. The van der Waals surface area contributed by atoms with E-state index in [0.29, 0.717) is 31.1 Å². The van der Waals surface area contributed by atoms with Gasteiger partial charge in [0.1, 0.15) is 17.5 Å². The van der Waals surface area contributed by atoms with Crippen molar-refractivity contribution in [3.05, 3.63) is 58.0 Å². The Kier molecular flexibility index (Phi) is 6.82. The van der Waals surface area contributed by atoms with Crippen LogP contribution in [0.3, 0.4) is 0 Å². The van der Waals surface area contributed by atoms with Crippen molar-refractivity contribution in [1.82, 2.24) is 9.88 Å². The number of nitrogens with zero attached hydrogens (tertiary/aromatic N) is 4. The molecule has 0 saturated carbocycles. The van der Waals surface area contributed by atoms with E-state index in [0.717, 1.165) is 34.9 Å². The largest absolute Gasteiger partial charge is 0.411 e. The third-order valence-electron chi connectivity index (χ3n) is 5.09. The van der Waals surface area contributed by atoms with E-state index in [-0.39, 0.29) is 5.02 Å². The van der Waals surface area contributed by atoms with Crippen LogP contribution in [0, 0.1) is 5.82 Å². The average Bonchev–Trinajstić information content (AvgIpc) is 3.11. The highest BCUT2D eigenvalue weighted by atomic mass is 35.5. The molecule has 2 N–H and O–H groups in total. The fraction of sp³-hybridized carbons (Fsp3) is 0.381. The maximum Gasteiger partial charge on any atom is 0.141 e. The molecule has 154 valence electrons. The van der Waals surface area contributed by atoms with Crippen molar-refractivity contribution in [1.29, 1.82) is 0 Å². The van der Waals surface area contributed by atoms with Gasteiger partial charge >= 0.3 is 0 Å². The minimum absolute atomic E-state index is 0.0437. The van der Waals surface area contributed by atoms with Gasteiger partial charge in [-0.2, -0.15) is 0 Å². The number of hydrogen-bond acceptors (Lipinski definition) is 5. The van der Waals surface area contributed by atoms with Gasteiger partial charge in [-0.25, -0.2) is 9.37 Å². The number of halogens is 2. The topological polar surface area (TPSA) is 73.1 Å². The number of likely N-dealkylation sites (N-methyl/N-ethyl adjacent to an activating group) is 1. The smallest absolute Gasteiger partial charge is 0.141 e. The van der Waals surface area contributed by atoms with Crippen LogP contribution in [0.2, 0.25) is 5.02 Å². The normalized spacial score (nSPS) is 15.3. The van der Waals surface area contributed by atoms with Crippen LogP contribution in [0.5, 0.6) is 0 Å². The molecular weight excluding hydrogens is 393 g/mol. The molecule has 0 amide bonds. The van der Waals surface area contributed by atoms with E-state index >= 15 is 0 Å². The van der Waals surface area contributed by atoms with Crippen LogP contribution < -0.4 is 5.32 Å². The monoisotopic (exact) mass is 417 g/mol. The Morgan fingerprint density at radius 2 is 2.17 bits per heavy atom. The second-order valence-corrected chi connectivity index (χ2v) is 7.77. The molecule has 0 spiro atoms. The van der Waals surface area contributed by atoms with Crippen molar-refractivity contribution < 1.29 is 9.60 Å². The summed E-state index contributed by atoms with van der Waals surface area (Å²) in [5.74, 6) is 1.09. The molecule has 0 unspecified atom stereocenters. The van der Waals surface area contributed by atoms with E-state index in [1.54, 1.807) is 18.3 Å². The van der Waals surface area contributed by atoms with Crippen molar-refractivity contribution in [2.75, 3.05) is 25.5 Å². The second kappa shape index (κ2) is 9.33. The molecule has 0 radical (unpaired) electrons. The Balaban J connectivity index is 1.76. The van der Waals surface area contributed by atoms with Crippen molar-refractivity contribution in [2.24, 2.45) is 10.1 Å². The molecule has 0 saturated heterocycles. The highest BCUT2D eigenvalue weighted by Crippen LogP contribution is 2.26. The molecule has 1 aromatic carbocycles. The number of aromatic nitrogens is 1. The maximum atomic E-state index is 13.4. The molecule has 1 aromatic heterocycles. The molecule has 6 nitrogen and oxygen atoms in total. The molecule has 1 aliphatic heterocycles. The zero-order chi connectivity index (χ0) is 21.0. The molecule has 2 aromatic rings. The SMILES string of the molecule is CC(C)N(C)CCN=C1Cc2c(/C(Cc3ccc(F)c(Cl)c3)=N/O)ccnc2N1. The number of oxime groups is 1. The van der Waals surface area contributed by atoms with E-state index in [9.17, 15) is 9.60 Å². The predicted octanol–water partition coefficient (Wildman–Crippen LogP) is 4.00. The molecule has 0 atom stereocenters. The fourth-order valence-electron chi connectivity index (χ4n) is 3.12. The number of rotatable bonds is 7. The van der Waals surface area contributed by atoms with Crippen LogP contribution in [0.25, 0.3) is 0 Å². The lowest BCUT2D eigenvalue weighted by atomic mass is 9.98. The lowest BCUT2D eigenvalue weighted by Crippen LogP contribution is -2.29. The Bertz CT molecular complexity index is 945. The summed E-state index contributed by atoms with van der Waals surface area (Å²) < 4.78 is 13.4. The van der Waals surface area contributed by atoms with Crippen molar-refractivity contribution >= 4 is 29.0 Å². The lowest BCUT2D eigenvalue weighted by molar-refractivity contribution is 0.282. The standard InChI is InChI=1S/C21H25ClFN5O/c1-13(2)28(3)9-8-24-20-12-16-15(6-7-25-21(16)26-20)19(27-29)11-14-4-5-18(23)17(22)10-14/h4-7,10,13,29H,8-9,11-12H2,1-3H3,(H,24,25,26)/b27-19+. The number of hydrogen-bond donors (Lipinski definition) is 2. The number of nitrogens with one attached hydrogen (secondary N) is 1. The first-order valence-corrected chi connectivity index (χ1v) is 9.90. The van der Waals surface area contributed by atoms with Crippen LogP contribution in [-0.4, -0.2) is 52.8 Å². The summed E-state index contributed by atoms with van der Waals surface area (Å²) in [5.41, 5.74) is 2.94. The first kappa shape index (κ1) is 21.2. The summed E-state index contributed by atoms with van der Waals surface area (Å²) >= 11 is 5.87. The molecule has 0 bridgehead atoms. The van der Waals surface area contributed by atoms with Gasteiger partial charge in [0.15, 0.2) is 0 Å². The van der Waals surface area contributed by atoms with E-state index < -0.39 is 5.82 Å². The zero-order valence-corrected chi connectivity index (χ0v) is 17.5. The zero-order valence-electron chi connectivity index (χ0n) is 16.8. The van der Waals surface area contributed by atoms with Gasteiger partial charge in [-0.15, -0.1) is 0 Å². The number of anilines is 1. The number of fused-ring (bicyclic) bond motifs is 1. The molecule has 0 fully saturated rings. The Labute approximate surface area is 175 Å². The fourth-order valence-corrected chi connectivity index (χ4v) is 3.32. The van der Waals surface area contributed by atoms with E-state index in [1.165, 1.54) is 6.07 Å². The first-order valence-electron chi connectivity index (χ1n) is 9.52. The van der Waals surface area contributed by atoms with Crippen LogP contribution >= 0.6 is 11.6 Å². The number of amidine groups is 1. The van der Waals surface area contributed by atoms with Crippen LogP contribution in [0.15, 0.2) is 40.6 Å². The minimum atomic E-state index is -0.476. The molecule has 3 rings (SSSR count). The Morgan fingerprint density at radius 3 is 2.86 bits per heavy atom. The minimum Gasteiger partial charge on any atom is -0.411 e. The Morgan fingerprint density at radius 1 is 1.38 bits per heavy atom. The van der Waals surface area contributed by atoms with Crippen LogP contribution in [0.4, 0.5) is 10.2 Å². The van der Waals surface area contributed by atoms with Gasteiger partial charge in [-0.05, 0) is 44.7 Å². The molecule has 8 heteroatoms. The highest BCUT2D eigenvalue weighted by molar-refractivity contribution is 6.30.